The van der Waals surface area contributed by atoms with E-state index in [1.807, 2.05) is 0 Å². The van der Waals surface area contributed by atoms with E-state index in [4.69, 9.17) is 10.9 Å². The van der Waals surface area contributed by atoms with Crippen LogP contribution in [-0.2, 0) is 11.2 Å². The zero-order valence-electron chi connectivity index (χ0n) is 14.4. The van der Waals surface area contributed by atoms with E-state index in [-0.39, 0.29) is 25.7 Å². The second-order valence-corrected chi connectivity index (χ2v) is 6.94. The van der Waals surface area contributed by atoms with E-state index in [9.17, 15) is 23.8 Å². The van der Waals surface area contributed by atoms with E-state index in [2.05, 4.69) is 0 Å². The molecule has 0 aliphatic rings. The van der Waals surface area contributed by atoms with Crippen LogP contribution in [0.15, 0.2) is 18.2 Å². The number of aliphatic hydroxyl groups excluding tert-OH is 1. The van der Waals surface area contributed by atoms with Crippen LogP contribution in [0, 0.1) is 17.6 Å². The summed E-state index contributed by atoms with van der Waals surface area (Å²) >= 11 is 0. The summed E-state index contributed by atoms with van der Waals surface area (Å²) in [4.78, 5) is 11.7. The van der Waals surface area contributed by atoms with Gasteiger partial charge < -0.3 is 15.9 Å². The smallest absolute Gasteiger partial charge is 0.246 e. The molecule has 6 nitrogen and oxygen atoms in total. The molecule has 0 bridgehead atoms. The normalized spacial score (nSPS) is 15.5. The monoisotopic (exact) mass is 360 g/mol. The van der Waals surface area contributed by atoms with Crippen molar-refractivity contribution in [1.29, 1.82) is 0 Å². The fraction of sp³-hybridized carbons (Fsp3) is 0.588. The Morgan fingerprint density at radius 1 is 1.32 bits per heavy atom. The molecule has 142 valence electrons. The van der Waals surface area contributed by atoms with Gasteiger partial charge in [0.2, 0.25) is 5.91 Å². The molecule has 1 aromatic rings. The van der Waals surface area contributed by atoms with Gasteiger partial charge in [-0.3, -0.25) is 10.0 Å². The molecule has 0 heterocycles. The topological polar surface area (TPSA) is 116 Å². The van der Waals surface area contributed by atoms with Gasteiger partial charge in [0, 0.05) is 12.0 Å². The summed E-state index contributed by atoms with van der Waals surface area (Å²) in [7, 11) is 0. The second kappa shape index (κ2) is 9.19. The number of hydrogen-bond acceptors (Lipinski definition) is 5. The third-order valence-electron chi connectivity index (χ3n) is 4.06. The highest BCUT2D eigenvalue weighted by atomic mass is 19.2. The minimum atomic E-state index is -1.10. The Morgan fingerprint density at radius 3 is 2.48 bits per heavy atom. The van der Waals surface area contributed by atoms with Crippen molar-refractivity contribution in [2.75, 3.05) is 0 Å². The first-order chi connectivity index (χ1) is 11.5. The summed E-state index contributed by atoms with van der Waals surface area (Å²) in [5.74, 6) is -3.39. The highest BCUT2D eigenvalue weighted by Gasteiger charge is 2.27. The van der Waals surface area contributed by atoms with Crippen LogP contribution in [0.2, 0.25) is 0 Å². The standard InChI is InChI=1S/C17H26F2N2O4/c1-17(2,24)6-5-11(16(23)21-25)9-15(22)14(20)8-10-3-4-12(18)13(19)7-10/h3-4,7,11,14-15,22,24-25H,5-6,8-9,20H2,1-2H3,(H,21,23)/t11-,14+,15+/m1/s1. The zero-order chi connectivity index (χ0) is 19.2. The first kappa shape index (κ1) is 21.4. The first-order valence-corrected chi connectivity index (χ1v) is 8.07. The van der Waals surface area contributed by atoms with Crippen molar-refractivity contribution < 1.29 is 29.0 Å². The fourth-order valence-electron chi connectivity index (χ4n) is 2.52. The molecule has 0 fully saturated rings. The largest absolute Gasteiger partial charge is 0.391 e. The molecular formula is C17H26F2N2O4. The van der Waals surface area contributed by atoms with E-state index in [1.165, 1.54) is 6.07 Å². The summed E-state index contributed by atoms with van der Waals surface area (Å²) in [6.45, 7) is 3.18. The van der Waals surface area contributed by atoms with Crippen molar-refractivity contribution in [1.82, 2.24) is 5.48 Å². The lowest BCUT2D eigenvalue weighted by Gasteiger charge is -2.25. The van der Waals surface area contributed by atoms with Gasteiger partial charge in [-0.15, -0.1) is 0 Å². The van der Waals surface area contributed by atoms with Crippen LogP contribution in [0.1, 0.15) is 38.7 Å². The van der Waals surface area contributed by atoms with Gasteiger partial charge >= 0.3 is 0 Å². The number of nitrogens with one attached hydrogen (secondary N) is 1. The van der Waals surface area contributed by atoms with Gasteiger partial charge in [-0.05, 0) is 57.2 Å². The predicted octanol–water partition coefficient (Wildman–Crippen LogP) is 1.26. The van der Waals surface area contributed by atoms with Crippen molar-refractivity contribution in [3.8, 4) is 0 Å². The van der Waals surface area contributed by atoms with Gasteiger partial charge in [0.15, 0.2) is 11.6 Å². The van der Waals surface area contributed by atoms with Crippen LogP contribution >= 0.6 is 0 Å². The Labute approximate surface area is 145 Å². The van der Waals surface area contributed by atoms with Gasteiger partial charge in [-0.1, -0.05) is 6.07 Å². The van der Waals surface area contributed by atoms with Crippen molar-refractivity contribution in [2.24, 2.45) is 11.7 Å². The van der Waals surface area contributed by atoms with Crippen molar-refractivity contribution in [3.63, 3.8) is 0 Å². The third kappa shape index (κ3) is 7.43. The molecule has 3 atom stereocenters. The molecule has 1 rings (SSSR count). The molecule has 6 N–H and O–H groups in total. The molecular weight excluding hydrogens is 334 g/mol. The molecule has 25 heavy (non-hydrogen) atoms. The number of hydrogen-bond donors (Lipinski definition) is 5. The lowest BCUT2D eigenvalue weighted by molar-refractivity contribution is -0.135. The van der Waals surface area contributed by atoms with E-state index >= 15 is 0 Å². The molecule has 8 heteroatoms. The summed E-state index contributed by atoms with van der Waals surface area (Å²) in [5, 5.41) is 28.8. The summed E-state index contributed by atoms with van der Waals surface area (Å²) in [5.41, 5.74) is 6.87. The van der Waals surface area contributed by atoms with E-state index < -0.39 is 41.2 Å². The van der Waals surface area contributed by atoms with Crippen LogP contribution in [-0.4, -0.2) is 39.1 Å². The van der Waals surface area contributed by atoms with Crippen molar-refractivity contribution in [3.05, 3.63) is 35.4 Å². The number of amides is 1. The first-order valence-electron chi connectivity index (χ1n) is 8.07. The SMILES string of the molecule is CC(C)(O)CC[C@H](C[C@H](O)[C@@H](N)Cc1ccc(F)c(F)c1)C(=O)NO. The van der Waals surface area contributed by atoms with Crippen molar-refractivity contribution >= 4 is 5.91 Å². The number of halogens is 2. The summed E-state index contributed by atoms with van der Waals surface area (Å²) in [6, 6.07) is 2.56. The minimum Gasteiger partial charge on any atom is -0.391 e. The maximum absolute atomic E-state index is 13.2. The number of benzene rings is 1. The zero-order valence-corrected chi connectivity index (χ0v) is 14.4. The predicted molar refractivity (Wildman–Crippen MR) is 87.6 cm³/mol. The summed E-state index contributed by atoms with van der Waals surface area (Å²) < 4.78 is 26.2. The third-order valence-corrected chi connectivity index (χ3v) is 4.06. The van der Waals surface area contributed by atoms with Crippen LogP contribution in [0.5, 0.6) is 0 Å². The Bertz CT molecular complexity index is 578. The molecule has 1 amide bonds. The molecule has 1 aromatic carbocycles. The summed E-state index contributed by atoms with van der Waals surface area (Å²) in [6.07, 6.45) is -0.511. The highest BCUT2D eigenvalue weighted by molar-refractivity contribution is 5.77. The number of rotatable bonds is 9. The maximum atomic E-state index is 13.2. The van der Waals surface area contributed by atoms with Crippen LogP contribution in [0.25, 0.3) is 0 Å². The Hall–Kier alpha value is -1.61. The van der Waals surface area contributed by atoms with Gasteiger partial charge in [0.05, 0.1) is 11.7 Å². The quantitative estimate of drug-likeness (QED) is 0.336. The van der Waals surface area contributed by atoms with E-state index in [1.54, 1.807) is 19.3 Å². The van der Waals surface area contributed by atoms with E-state index in [0.29, 0.717) is 5.56 Å². The highest BCUT2D eigenvalue weighted by Crippen LogP contribution is 2.22. The molecule has 0 unspecified atom stereocenters. The van der Waals surface area contributed by atoms with E-state index in [0.717, 1.165) is 12.1 Å². The van der Waals surface area contributed by atoms with Crippen molar-refractivity contribution in [2.45, 2.75) is 57.3 Å². The average Bonchev–Trinajstić information content (AvgIpc) is 2.52. The molecule has 0 radical (unpaired) electrons. The van der Waals surface area contributed by atoms with Gasteiger partial charge in [-0.2, -0.15) is 0 Å². The van der Waals surface area contributed by atoms with Crippen LogP contribution < -0.4 is 11.2 Å². The number of hydroxylamine groups is 1. The molecule has 0 aromatic heterocycles. The number of carbonyl (C=O) groups excluding carboxylic acids is 1. The number of aliphatic hydroxyl groups is 2. The van der Waals surface area contributed by atoms with Gasteiger partial charge in [0.25, 0.3) is 0 Å². The molecule has 0 aliphatic heterocycles. The van der Waals surface area contributed by atoms with Gasteiger partial charge in [-0.25, -0.2) is 14.3 Å². The molecule has 0 saturated carbocycles. The molecule has 0 spiro atoms. The van der Waals surface area contributed by atoms with Gasteiger partial charge in [0.1, 0.15) is 0 Å². The Morgan fingerprint density at radius 2 is 1.96 bits per heavy atom. The van der Waals surface area contributed by atoms with Crippen LogP contribution in [0.3, 0.4) is 0 Å². The Kier molecular flexibility index (Phi) is 7.88. The Balaban J connectivity index is 2.68. The average molecular weight is 360 g/mol. The molecule has 0 saturated heterocycles. The number of nitrogens with two attached hydrogens (primary N) is 1. The maximum Gasteiger partial charge on any atom is 0.246 e. The second-order valence-electron chi connectivity index (χ2n) is 6.94. The lowest BCUT2D eigenvalue weighted by atomic mass is 9.88. The number of carbonyl (C=O) groups is 1. The molecule has 0 aliphatic carbocycles. The van der Waals surface area contributed by atoms with Crippen LogP contribution in [0.4, 0.5) is 8.78 Å². The lowest BCUT2D eigenvalue weighted by Crippen LogP contribution is -2.41. The minimum absolute atomic E-state index is 0.0344. The fourth-order valence-corrected chi connectivity index (χ4v) is 2.52.